The number of anilines is 1. The zero-order valence-electron chi connectivity index (χ0n) is 17.3. The fourth-order valence-corrected chi connectivity index (χ4v) is 3.97. The standard InChI is InChI=1S/C20H20ClF2N5O4/c1-10-18(11(2)32-26-10)12-5-16(23)25-17(6-12)31-15-9-27(8-13(15)22)14-7-24-28(3-4-29)20(30)19(14)21/h5-7,13,15,29H,3-4,8-9H2,1-2H3/t13-,15-/m0/s1. The van der Waals surface area contributed by atoms with Gasteiger partial charge in [-0.05, 0) is 19.4 Å². The maximum atomic E-state index is 14.8. The van der Waals surface area contributed by atoms with E-state index < -0.39 is 23.8 Å². The van der Waals surface area contributed by atoms with E-state index in [1.165, 1.54) is 23.2 Å². The van der Waals surface area contributed by atoms with Crippen molar-refractivity contribution in [1.82, 2.24) is 19.9 Å². The van der Waals surface area contributed by atoms with Crippen molar-refractivity contribution in [3.8, 4) is 17.0 Å². The number of nitrogens with zero attached hydrogens (tertiary/aromatic N) is 5. The molecule has 1 aliphatic rings. The summed E-state index contributed by atoms with van der Waals surface area (Å²) in [4.78, 5) is 17.5. The molecule has 0 radical (unpaired) electrons. The van der Waals surface area contributed by atoms with Crippen molar-refractivity contribution in [2.24, 2.45) is 0 Å². The lowest BCUT2D eigenvalue weighted by atomic mass is 10.1. The van der Waals surface area contributed by atoms with E-state index in [0.29, 0.717) is 22.6 Å². The minimum atomic E-state index is -1.45. The third-order valence-corrected chi connectivity index (χ3v) is 5.54. The van der Waals surface area contributed by atoms with E-state index >= 15 is 0 Å². The smallest absolute Gasteiger partial charge is 0.287 e. The van der Waals surface area contributed by atoms with Gasteiger partial charge in [-0.15, -0.1) is 0 Å². The molecule has 0 saturated carbocycles. The Balaban J connectivity index is 1.56. The first-order valence-corrected chi connectivity index (χ1v) is 10.2. The Kier molecular flexibility index (Phi) is 6.11. The number of aliphatic hydroxyl groups is 1. The van der Waals surface area contributed by atoms with E-state index in [1.807, 2.05) is 0 Å². The van der Waals surface area contributed by atoms with Gasteiger partial charge in [-0.25, -0.2) is 9.07 Å². The molecule has 9 nitrogen and oxygen atoms in total. The summed E-state index contributed by atoms with van der Waals surface area (Å²) < 4.78 is 40.7. The third-order valence-electron chi connectivity index (χ3n) is 5.18. The Hall–Kier alpha value is -3.05. The van der Waals surface area contributed by atoms with Crippen LogP contribution in [0.1, 0.15) is 11.5 Å². The molecule has 3 aromatic heterocycles. The van der Waals surface area contributed by atoms with Crippen molar-refractivity contribution in [3.63, 3.8) is 0 Å². The van der Waals surface area contributed by atoms with Gasteiger partial charge < -0.3 is 19.3 Å². The highest BCUT2D eigenvalue weighted by atomic mass is 35.5. The number of alkyl halides is 1. The van der Waals surface area contributed by atoms with Gasteiger partial charge in [-0.1, -0.05) is 16.8 Å². The summed E-state index contributed by atoms with van der Waals surface area (Å²) in [5.74, 6) is -0.368. The molecule has 0 amide bonds. The number of aromatic nitrogens is 4. The van der Waals surface area contributed by atoms with Gasteiger partial charge in [-0.2, -0.15) is 14.5 Å². The molecule has 1 fully saturated rings. The molecule has 4 rings (SSSR count). The van der Waals surface area contributed by atoms with Crippen LogP contribution in [0.3, 0.4) is 0 Å². The molecule has 1 aliphatic heterocycles. The number of hydrogen-bond donors (Lipinski definition) is 1. The average molecular weight is 468 g/mol. The van der Waals surface area contributed by atoms with Crippen LogP contribution in [0.4, 0.5) is 14.5 Å². The van der Waals surface area contributed by atoms with Gasteiger partial charge in [0.1, 0.15) is 10.8 Å². The molecule has 3 aromatic rings. The second-order valence-corrected chi connectivity index (χ2v) is 7.77. The molecule has 32 heavy (non-hydrogen) atoms. The Morgan fingerprint density at radius 2 is 2.12 bits per heavy atom. The predicted molar refractivity (Wildman–Crippen MR) is 111 cm³/mol. The Bertz CT molecular complexity index is 1180. The van der Waals surface area contributed by atoms with E-state index in [1.54, 1.807) is 13.8 Å². The molecule has 0 bridgehead atoms. The number of aryl methyl sites for hydroxylation is 2. The minimum absolute atomic E-state index is 0.00495. The van der Waals surface area contributed by atoms with Crippen molar-refractivity contribution in [2.75, 3.05) is 24.6 Å². The summed E-state index contributed by atoms with van der Waals surface area (Å²) in [6.07, 6.45) is -1.08. The molecule has 1 N–H and O–H groups in total. The number of aliphatic hydroxyl groups excluding tert-OH is 1. The van der Waals surface area contributed by atoms with Crippen LogP contribution in [0.25, 0.3) is 11.1 Å². The summed E-state index contributed by atoms with van der Waals surface area (Å²) in [7, 11) is 0. The maximum Gasteiger partial charge on any atom is 0.287 e. The van der Waals surface area contributed by atoms with E-state index in [9.17, 15) is 13.6 Å². The normalized spacial score (nSPS) is 18.4. The van der Waals surface area contributed by atoms with Gasteiger partial charge in [0, 0.05) is 17.7 Å². The second-order valence-electron chi connectivity index (χ2n) is 7.39. The van der Waals surface area contributed by atoms with Gasteiger partial charge in [-0.3, -0.25) is 4.79 Å². The lowest BCUT2D eigenvalue weighted by Crippen LogP contribution is -2.30. The van der Waals surface area contributed by atoms with E-state index in [0.717, 1.165) is 4.68 Å². The number of halogens is 3. The molecule has 0 aromatic carbocycles. The van der Waals surface area contributed by atoms with Gasteiger partial charge >= 0.3 is 0 Å². The SMILES string of the molecule is Cc1noc(C)c1-c1cc(F)nc(O[C@H]2CN(c3cnn(CCO)c(=O)c3Cl)C[C@@H]2F)c1. The largest absolute Gasteiger partial charge is 0.469 e. The molecule has 1 saturated heterocycles. The van der Waals surface area contributed by atoms with Crippen molar-refractivity contribution in [1.29, 1.82) is 0 Å². The van der Waals surface area contributed by atoms with Gasteiger partial charge in [0.25, 0.3) is 5.56 Å². The average Bonchev–Trinajstić information content (AvgIpc) is 3.26. The van der Waals surface area contributed by atoms with Gasteiger partial charge in [0.2, 0.25) is 11.8 Å². The monoisotopic (exact) mass is 467 g/mol. The molecular weight excluding hydrogens is 448 g/mol. The van der Waals surface area contributed by atoms with Crippen molar-refractivity contribution in [3.05, 3.63) is 51.1 Å². The van der Waals surface area contributed by atoms with Crippen molar-refractivity contribution in [2.45, 2.75) is 32.7 Å². The fourth-order valence-electron chi connectivity index (χ4n) is 3.70. The van der Waals surface area contributed by atoms with Gasteiger partial charge in [0.15, 0.2) is 12.3 Å². The first kappa shape index (κ1) is 22.2. The van der Waals surface area contributed by atoms with Crippen molar-refractivity contribution < 1.29 is 23.1 Å². The van der Waals surface area contributed by atoms with Crippen LogP contribution in [0.2, 0.25) is 5.02 Å². The summed E-state index contributed by atoms with van der Waals surface area (Å²) in [6, 6.07) is 2.72. The summed E-state index contributed by atoms with van der Waals surface area (Å²) in [6.45, 7) is 3.10. The summed E-state index contributed by atoms with van der Waals surface area (Å²) >= 11 is 6.16. The minimum Gasteiger partial charge on any atom is -0.469 e. The van der Waals surface area contributed by atoms with Crippen LogP contribution in [-0.2, 0) is 6.54 Å². The van der Waals surface area contributed by atoms with E-state index in [-0.39, 0.29) is 42.8 Å². The van der Waals surface area contributed by atoms with E-state index in [2.05, 4.69) is 15.2 Å². The van der Waals surface area contributed by atoms with Crippen LogP contribution in [0.15, 0.2) is 27.6 Å². The molecule has 12 heteroatoms. The molecule has 170 valence electrons. The third kappa shape index (κ3) is 4.17. The first-order chi connectivity index (χ1) is 15.3. The highest BCUT2D eigenvalue weighted by Crippen LogP contribution is 2.32. The quantitative estimate of drug-likeness (QED) is 0.550. The van der Waals surface area contributed by atoms with Crippen LogP contribution >= 0.6 is 11.6 Å². The summed E-state index contributed by atoms with van der Waals surface area (Å²) in [5, 5.41) is 16.7. The lowest BCUT2D eigenvalue weighted by Gasteiger charge is -2.19. The lowest BCUT2D eigenvalue weighted by molar-refractivity contribution is 0.133. The van der Waals surface area contributed by atoms with Gasteiger partial charge in [0.05, 0.1) is 43.8 Å². The number of rotatable bonds is 6. The number of hydrogen-bond acceptors (Lipinski definition) is 8. The molecule has 4 heterocycles. The number of ether oxygens (including phenoxy) is 1. The Labute approximate surface area is 186 Å². The van der Waals surface area contributed by atoms with E-state index in [4.69, 9.17) is 26.0 Å². The number of pyridine rings is 1. The van der Waals surface area contributed by atoms with Crippen LogP contribution < -0.4 is 15.2 Å². The molecule has 0 unspecified atom stereocenters. The van der Waals surface area contributed by atoms with Crippen LogP contribution in [0.5, 0.6) is 5.88 Å². The Morgan fingerprint density at radius 1 is 1.34 bits per heavy atom. The Morgan fingerprint density at radius 3 is 2.81 bits per heavy atom. The zero-order valence-corrected chi connectivity index (χ0v) is 18.0. The molecular formula is C20H20ClF2N5O4. The molecule has 2 atom stereocenters. The maximum absolute atomic E-state index is 14.8. The topological polar surface area (TPSA) is 107 Å². The fraction of sp³-hybridized carbons (Fsp3) is 0.400. The first-order valence-electron chi connectivity index (χ1n) is 9.81. The molecule has 0 aliphatic carbocycles. The second kappa shape index (κ2) is 8.83. The summed E-state index contributed by atoms with van der Waals surface area (Å²) in [5.41, 5.74) is 1.31. The highest BCUT2D eigenvalue weighted by Gasteiger charge is 2.36. The molecule has 0 spiro atoms. The predicted octanol–water partition coefficient (Wildman–Crippen LogP) is 2.30. The van der Waals surface area contributed by atoms with Crippen LogP contribution in [0, 0.1) is 19.8 Å². The van der Waals surface area contributed by atoms with Crippen molar-refractivity contribution >= 4 is 17.3 Å². The highest BCUT2D eigenvalue weighted by molar-refractivity contribution is 6.33. The zero-order chi connectivity index (χ0) is 23.0. The van der Waals surface area contributed by atoms with Crippen LogP contribution in [-0.4, -0.2) is 57.0 Å².